The maximum atomic E-state index is 10.9. The topological polar surface area (TPSA) is 119 Å². The van der Waals surface area contributed by atoms with Gasteiger partial charge >= 0.3 is 0 Å². The molecule has 35 heavy (non-hydrogen) atoms. The van der Waals surface area contributed by atoms with Crippen LogP contribution >= 0.6 is 11.6 Å². The SMILES string of the molecule is Cc1c(N[C@@H](c2nnc(-c3ccc(C#N)cc3)o2)[C@H](C)CC(C)(C)[Si](C)(C)O)ccc(C#N)c1Cl. The summed E-state index contributed by atoms with van der Waals surface area (Å²) in [5, 5.41) is 30.6. The van der Waals surface area contributed by atoms with Crippen molar-refractivity contribution in [2.45, 2.75) is 58.3 Å². The average Bonchev–Trinajstić information content (AvgIpc) is 3.29. The van der Waals surface area contributed by atoms with Gasteiger partial charge in [0.2, 0.25) is 11.8 Å². The van der Waals surface area contributed by atoms with E-state index in [1.54, 1.807) is 30.3 Å². The van der Waals surface area contributed by atoms with Gasteiger partial charge in [0, 0.05) is 11.3 Å². The molecule has 0 fully saturated rings. The van der Waals surface area contributed by atoms with Crippen molar-refractivity contribution >= 4 is 25.6 Å². The molecule has 7 nitrogen and oxygen atoms in total. The van der Waals surface area contributed by atoms with Gasteiger partial charge in [-0.1, -0.05) is 32.4 Å². The van der Waals surface area contributed by atoms with Gasteiger partial charge in [-0.15, -0.1) is 10.2 Å². The van der Waals surface area contributed by atoms with Gasteiger partial charge in [-0.2, -0.15) is 10.5 Å². The molecule has 0 aliphatic heterocycles. The van der Waals surface area contributed by atoms with E-state index < -0.39 is 8.32 Å². The Labute approximate surface area is 212 Å². The number of aromatic nitrogens is 2. The third-order valence-electron chi connectivity index (χ3n) is 6.84. The lowest BCUT2D eigenvalue weighted by Gasteiger charge is -2.38. The first-order valence-electron chi connectivity index (χ1n) is 11.4. The van der Waals surface area contributed by atoms with E-state index in [1.165, 1.54) is 0 Å². The molecule has 0 saturated heterocycles. The van der Waals surface area contributed by atoms with Crippen LogP contribution in [0.4, 0.5) is 5.69 Å². The van der Waals surface area contributed by atoms with Crippen molar-refractivity contribution in [3.05, 3.63) is 64.0 Å². The number of nitrogens with zero attached hydrogens (tertiary/aromatic N) is 4. The number of halogens is 1. The van der Waals surface area contributed by atoms with Crippen molar-refractivity contribution in [3.8, 4) is 23.6 Å². The van der Waals surface area contributed by atoms with E-state index in [9.17, 15) is 10.1 Å². The van der Waals surface area contributed by atoms with Crippen LogP contribution < -0.4 is 5.32 Å². The largest absolute Gasteiger partial charge is 0.432 e. The van der Waals surface area contributed by atoms with Gasteiger partial charge in [-0.25, -0.2) is 0 Å². The molecule has 2 aromatic carbocycles. The second-order valence-electron chi connectivity index (χ2n) is 10.1. The summed E-state index contributed by atoms with van der Waals surface area (Å²) in [6.45, 7) is 12.0. The van der Waals surface area contributed by atoms with Gasteiger partial charge in [0.05, 0.1) is 22.2 Å². The monoisotopic (exact) mass is 507 g/mol. The summed E-state index contributed by atoms with van der Waals surface area (Å²) in [6.07, 6.45) is 0.720. The Balaban J connectivity index is 2.00. The van der Waals surface area contributed by atoms with E-state index in [0.717, 1.165) is 23.2 Å². The van der Waals surface area contributed by atoms with E-state index in [1.807, 2.05) is 26.1 Å². The molecule has 1 aromatic heterocycles. The lowest BCUT2D eigenvalue weighted by Crippen LogP contribution is -2.41. The molecule has 3 aromatic rings. The fraction of sp³-hybridized carbons (Fsp3) is 0.385. The average molecular weight is 508 g/mol. The van der Waals surface area contributed by atoms with Gasteiger partial charge < -0.3 is 14.5 Å². The highest BCUT2D eigenvalue weighted by molar-refractivity contribution is 6.72. The Morgan fingerprint density at radius 2 is 1.77 bits per heavy atom. The predicted molar refractivity (Wildman–Crippen MR) is 139 cm³/mol. The molecule has 2 atom stereocenters. The van der Waals surface area contributed by atoms with Crippen LogP contribution in [0.1, 0.15) is 55.8 Å². The highest BCUT2D eigenvalue weighted by Crippen LogP contribution is 2.45. The molecule has 2 N–H and O–H groups in total. The van der Waals surface area contributed by atoms with E-state index in [2.05, 4.69) is 48.4 Å². The molecule has 0 aliphatic rings. The zero-order valence-corrected chi connectivity index (χ0v) is 22.6. The summed E-state index contributed by atoms with van der Waals surface area (Å²) in [4.78, 5) is 10.9. The van der Waals surface area contributed by atoms with Crippen LogP contribution in [0, 0.1) is 35.5 Å². The molecule has 0 spiro atoms. The number of nitriles is 2. The summed E-state index contributed by atoms with van der Waals surface area (Å²) in [5.41, 5.74) is 3.20. The summed E-state index contributed by atoms with van der Waals surface area (Å²) in [5.74, 6) is 0.770. The quantitative estimate of drug-likeness (QED) is 0.329. The van der Waals surface area contributed by atoms with Crippen LogP contribution in [0.25, 0.3) is 11.5 Å². The minimum Gasteiger partial charge on any atom is -0.432 e. The van der Waals surface area contributed by atoms with Crippen molar-refractivity contribution in [3.63, 3.8) is 0 Å². The zero-order valence-electron chi connectivity index (χ0n) is 20.8. The lowest BCUT2D eigenvalue weighted by molar-refractivity contribution is 0.330. The van der Waals surface area contributed by atoms with Crippen LogP contribution in [-0.4, -0.2) is 23.3 Å². The number of benzene rings is 2. The fourth-order valence-corrected chi connectivity index (χ4v) is 4.91. The maximum absolute atomic E-state index is 10.9. The second kappa shape index (κ2) is 10.2. The lowest BCUT2D eigenvalue weighted by atomic mass is 9.90. The molecular formula is C26H30ClN5O2Si. The highest BCUT2D eigenvalue weighted by Gasteiger charge is 2.41. The first-order valence-corrected chi connectivity index (χ1v) is 14.7. The first kappa shape index (κ1) is 26.4. The van der Waals surface area contributed by atoms with Gasteiger partial charge in [0.25, 0.3) is 0 Å². The standard InChI is InChI=1S/C26H30ClN5O2Si/c1-16(13-26(3,4)35(5,6)33)23(30-21-12-11-20(15-29)22(27)17(21)2)25-32-31-24(34-25)19-9-7-18(14-28)8-10-19/h7-12,16,23,30,33H,13H2,1-6H3/t16-,23-/m1/s1. The van der Waals surface area contributed by atoms with E-state index >= 15 is 0 Å². The Morgan fingerprint density at radius 3 is 2.34 bits per heavy atom. The molecule has 1 heterocycles. The van der Waals surface area contributed by atoms with Crippen LogP contribution in [-0.2, 0) is 0 Å². The Morgan fingerprint density at radius 1 is 1.11 bits per heavy atom. The molecular weight excluding hydrogens is 478 g/mol. The van der Waals surface area contributed by atoms with Gasteiger partial charge in [0.15, 0.2) is 8.32 Å². The van der Waals surface area contributed by atoms with Gasteiger partial charge in [-0.3, -0.25) is 0 Å². The summed E-state index contributed by atoms with van der Waals surface area (Å²) in [7, 11) is -2.45. The smallest absolute Gasteiger partial charge is 0.247 e. The number of hydrogen-bond donors (Lipinski definition) is 2. The number of rotatable bonds is 8. The van der Waals surface area contributed by atoms with E-state index in [4.69, 9.17) is 21.3 Å². The zero-order chi connectivity index (χ0) is 26.0. The first-order chi connectivity index (χ1) is 16.4. The minimum absolute atomic E-state index is 0.00649. The summed E-state index contributed by atoms with van der Waals surface area (Å²) < 4.78 is 6.11. The molecule has 3 rings (SSSR count). The molecule has 9 heteroatoms. The molecule has 0 aliphatic carbocycles. The summed E-state index contributed by atoms with van der Waals surface area (Å²) in [6, 6.07) is 14.3. The van der Waals surface area contributed by atoms with Crippen molar-refractivity contribution in [2.24, 2.45) is 5.92 Å². The van der Waals surface area contributed by atoms with Crippen molar-refractivity contribution < 1.29 is 9.21 Å². The number of nitrogens with one attached hydrogen (secondary N) is 1. The van der Waals surface area contributed by atoms with Crippen LogP contribution in [0.3, 0.4) is 0 Å². The molecule has 182 valence electrons. The molecule has 0 saturated carbocycles. The Bertz CT molecular complexity index is 1280. The molecule has 0 radical (unpaired) electrons. The van der Waals surface area contributed by atoms with E-state index in [-0.39, 0.29) is 17.0 Å². The highest BCUT2D eigenvalue weighted by atomic mass is 35.5. The Hall–Kier alpha value is -3.17. The van der Waals surface area contributed by atoms with Crippen LogP contribution in [0.15, 0.2) is 40.8 Å². The molecule has 0 amide bonds. The minimum atomic E-state index is -2.45. The fourth-order valence-electron chi connectivity index (χ4n) is 3.88. The van der Waals surface area contributed by atoms with Crippen molar-refractivity contribution in [1.82, 2.24) is 10.2 Å². The van der Waals surface area contributed by atoms with Crippen LogP contribution in [0.5, 0.6) is 0 Å². The van der Waals surface area contributed by atoms with Crippen molar-refractivity contribution in [2.75, 3.05) is 5.32 Å². The summed E-state index contributed by atoms with van der Waals surface area (Å²) >= 11 is 6.42. The third kappa shape index (κ3) is 5.74. The normalized spacial score (nSPS) is 13.5. The second-order valence-corrected chi connectivity index (χ2v) is 14.9. The maximum Gasteiger partial charge on any atom is 0.247 e. The van der Waals surface area contributed by atoms with E-state index in [0.29, 0.717) is 27.9 Å². The van der Waals surface area contributed by atoms with Gasteiger partial charge in [-0.05, 0) is 79.4 Å². The van der Waals surface area contributed by atoms with Crippen molar-refractivity contribution in [1.29, 1.82) is 10.5 Å². The Kier molecular flexibility index (Phi) is 7.71. The van der Waals surface area contributed by atoms with Gasteiger partial charge in [0.1, 0.15) is 12.1 Å². The van der Waals surface area contributed by atoms with Crippen LogP contribution in [0.2, 0.25) is 23.2 Å². The predicted octanol–water partition coefficient (Wildman–Crippen LogP) is 6.60. The number of hydrogen-bond acceptors (Lipinski definition) is 7. The molecule has 0 bridgehead atoms. The molecule has 0 unspecified atom stereocenters. The number of anilines is 1. The third-order valence-corrected chi connectivity index (χ3v) is 10.8.